The number of thiazole rings is 1. The van der Waals surface area contributed by atoms with E-state index in [2.05, 4.69) is 41.4 Å². The average Bonchev–Trinajstić information content (AvgIpc) is 3.25. The number of nitrogens with one attached hydrogen (secondary N) is 1. The fraction of sp³-hybridized carbons (Fsp3) is 0.789. The van der Waals surface area contributed by atoms with Gasteiger partial charge in [0.1, 0.15) is 0 Å². The Morgan fingerprint density at radius 1 is 1.42 bits per heavy atom. The molecule has 1 unspecified atom stereocenters. The lowest BCUT2D eigenvalue weighted by molar-refractivity contribution is 0.0536. The second-order valence-corrected chi connectivity index (χ2v) is 8.71. The van der Waals surface area contributed by atoms with Crippen LogP contribution in [0, 0.1) is 5.92 Å². The predicted octanol–water partition coefficient (Wildman–Crippen LogP) is 2.54. The maximum Gasteiger partial charge on any atom is 0.193 e. The summed E-state index contributed by atoms with van der Waals surface area (Å²) < 4.78 is 10.7. The van der Waals surface area contributed by atoms with E-state index in [0.717, 1.165) is 45.0 Å². The smallest absolute Gasteiger partial charge is 0.193 e. The molecular weight excluding hydrogens is 348 g/mol. The van der Waals surface area contributed by atoms with E-state index in [1.54, 1.807) is 18.4 Å². The standard InChI is InChI=1S/C19H34N4O2S/c1-19(2,3)16-14-26-17(22-16)6-8-21-18(20-4)23-9-7-15(12-23)13-25-11-10-24-5/h14-15H,6-13H2,1-5H3,(H,20,21). The molecule has 1 aromatic rings. The van der Waals surface area contributed by atoms with Gasteiger partial charge < -0.3 is 19.7 Å². The molecule has 148 valence electrons. The van der Waals surface area contributed by atoms with Crippen molar-refractivity contribution >= 4 is 17.3 Å². The zero-order valence-electron chi connectivity index (χ0n) is 16.9. The van der Waals surface area contributed by atoms with Crippen molar-refractivity contribution in [2.75, 3.05) is 53.6 Å². The summed E-state index contributed by atoms with van der Waals surface area (Å²) in [7, 11) is 3.55. The van der Waals surface area contributed by atoms with Gasteiger partial charge in [0.2, 0.25) is 0 Å². The summed E-state index contributed by atoms with van der Waals surface area (Å²) in [5, 5.41) is 6.85. The first kappa shape index (κ1) is 21.1. The summed E-state index contributed by atoms with van der Waals surface area (Å²) in [5.41, 5.74) is 1.30. The number of hydrogen-bond acceptors (Lipinski definition) is 5. The Bertz CT molecular complexity index is 568. The number of hydrogen-bond donors (Lipinski definition) is 1. The number of aliphatic imine (C=N–C) groups is 1. The average molecular weight is 383 g/mol. The highest BCUT2D eigenvalue weighted by atomic mass is 32.1. The molecule has 1 aliphatic rings. The molecule has 0 radical (unpaired) electrons. The Morgan fingerprint density at radius 3 is 2.88 bits per heavy atom. The normalized spacial score (nSPS) is 18.6. The third-order valence-corrected chi connectivity index (χ3v) is 5.43. The molecule has 1 atom stereocenters. The third kappa shape index (κ3) is 6.52. The van der Waals surface area contributed by atoms with Gasteiger partial charge in [0.05, 0.1) is 30.5 Å². The van der Waals surface area contributed by atoms with Crippen molar-refractivity contribution < 1.29 is 9.47 Å². The van der Waals surface area contributed by atoms with Crippen LogP contribution in [-0.4, -0.2) is 69.5 Å². The van der Waals surface area contributed by atoms with Crippen LogP contribution in [0.3, 0.4) is 0 Å². The van der Waals surface area contributed by atoms with E-state index in [1.807, 2.05) is 7.05 Å². The van der Waals surface area contributed by atoms with Gasteiger partial charge in [-0.3, -0.25) is 4.99 Å². The maximum atomic E-state index is 5.67. The number of likely N-dealkylation sites (tertiary alicyclic amines) is 1. The molecule has 1 aromatic heterocycles. The Morgan fingerprint density at radius 2 is 2.23 bits per heavy atom. The van der Waals surface area contributed by atoms with Crippen molar-refractivity contribution in [3.63, 3.8) is 0 Å². The van der Waals surface area contributed by atoms with Crippen molar-refractivity contribution in [3.8, 4) is 0 Å². The molecule has 0 saturated carbocycles. The molecule has 7 heteroatoms. The molecule has 0 aliphatic carbocycles. The van der Waals surface area contributed by atoms with Gasteiger partial charge in [-0.05, 0) is 6.42 Å². The topological polar surface area (TPSA) is 59.0 Å². The second kappa shape index (κ2) is 10.2. The van der Waals surface area contributed by atoms with Crippen LogP contribution < -0.4 is 5.32 Å². The zero-order valence-corrected chi connectivity index (χ0v) is 17.7. The molecule has 2 heterocycles. The molecule has 0 amide bonds. The number of nitrogens with zero attached hydrogens (tertiary/aromatic N) is 3. The highest BCUT2D eigenvalue weighted by Crippen LogP contribution is 2.24. The van der Waals surface area contributed by atoms with E-state index in [9.17, 15) is 0 Å². The van der Waals surface area contributed by atoms with Crippen molar-refractivity contribution in [2.24, 2.45) is 10.9 Å². The van der Waals surface area contributed by atoms with Crippen molar-refractivity contribution in [3.05, 3.63) is 16.1 Å². The largest absolute Gasteiger partial charge is 0.382 e. The minimum atomic E-state index is 0.119. The first-order valence-electron chi connectivity index (χ1n) is 9.41. The molecule has 6 nitrogen and oxygen atoms in total. The van der Waals surface area contributed by atoms with Crippen molar-refractivity contribution in [2.45, 2.75) is 39.0 Å². The summed E-state index contributed by atoms with van der Waals surface area (Å²) in [6, 6.07) is 0. The third-order valence-electron chi connectivity index (χ3n) is 4.52. The summed E-state index contributed by atoms with van der Waals surface area (Å²) in [6.45, 7) is 11.6. The molecule has 1 fully saturated rings. The highest BCUT2D eigenvalue weighted by Gasteiger charge is 2.25. The van der Waals surface area contributed by atoms with E-state index in [4.69, 9.17) is 14.5 Å². The van der Waals surface area contributed by atoms with Crippen molar-refractivity contribution in [1.82, 2.24) is 15.2 Å². The summed E-state index contributed by atoms with van der Waals surface area (Å²) >= 11 is 1.75. The summed E-state index contributed by atoms with van der Waals surface area (Å²) in [5.74, 6) is 1.55. The molecule has 0 bridgehead atoms. The van der Waals surface area contributed by atoms with E-state index in [1.165, 1.54) is 10.7 Å². The van der Waals surface area contributed by atoms with Crippen LogP contribution in [0.25, 0.3) is 0 Å². The quantitative estimate of drug-likeness (QED) is 0.425. The molecule has 0 aromatic carbocycles. The minimum absolute atomic E-state index is 0.119. The lowest BCUT2D eigenvalue weighted by atomic mass is 9.93. The number of ether oxygens (including phenoxy) is 2. The first-order chi connectivity index (χ1) is 12.4. The van der Waals surface area contributed by atoms with Crippen molar-refractivity contribution in [1.29, 1.82) is 0 Å². The Hall–Kier alpha value is -1.18. The summed E-state index contributed by atoms with van der Waals surface area (Å²) in [4.78, 5) is 11.5. The van der Waals surface area contributed by atoms with Gasteiger partial charge in [-0.1, -0.05) is 20.8 Å². The highest BCUT2D eigenvalue weighted by molar-refractivity contribution is 7.09. The van der Waals surface area contributed by atoms with E-state index in [-0.39, 0.29) is 5.41 Å². The van der Waals surface area contributed by atoms with E-state index < -0.39 is 0 Å². The van der Waals surface area contributed by atoms with Crippen LogP contribution in [0.1, 0.15) is 37.9 Å². The van der Waals surface area contributed by atoms with Crippen LogP contribution in [-0.2, 0) is 21.3 Å². The van der Waals surface area contributed by atoms with Gasteiger partial charge >= 0.3 is 0 Å². The fourth-order valence-electron chi connectivity index (χ4n) is 2.94. The Labute approximate surface area is 162 Å². The van der Waals surface area contributed by atoms with Gasteiger partial charge in [0.25, 0.3) is 0 Å². The van der Waals surface area contributed by atoms with Crippen LogP contribution in [0.15, 0.2) is 10.4 Å². The SMILES string of the molecule is CN=C(NCCc1nc(C(C)(C)C)cs1)N1CCC(COCCOC)C1. The van der Waals surface area contributed by atoms with Gasteiger partial charge in [0.15, 0.2) is 5.96 Å². The van der Waals surface area contributed by atoms with Crippen LogP contribution in [0.4, 0.5) is 0 Å². The molecule has 0 spiro atoms. The minimum Gasteiger partial charge on any atom is -0.382 e. The lowest BCUT2D eigenvalue weighted by Crippen LogP contribution is -2.41. The number of methoxy groups -OCH3 is 1. The van der Waals surface area contributed by atoms with Crippen LogP contribution in [0.5, 0.6) is 0 Å². The summed E-state index contributed by atoms with van der Waals surface area (Å²) in [6.07, 6.45) is 2.08. The monoisotopic (exact) mass is 382 g/mol. The van der Waals surface area contributed by atoms with E-state index in [0.29, 0.717) is 19.1 Å². The molecule has 2 rings (SSSR count). The van der Waals surface area contributed by atoms with Gasteiger partial charge in [0, 0.05) is 56.9 Å². The first-order valence-corrected chi connectivity index (χ1v) is 10.3. The van der Waals surface area contributed by atoms with Gasteiger partial charge in [-0.2, -0.15) is 0 Å². The van der Waals surface area contributed by atoms with Gasteiger partial charge in [-0.15, -0.1) is 11.3 Å². The molecule has 1 N–H and O–H groups in total. The number of rotatable bonds is 8. The van der Waals surface area contributed by atoms with Crippen LogP contribution in [0.2, 0.25) is 0 Å². The Kier molecular flexibility index (Phi) is 8.31. The zero-order chi connectivity index (χ0) is 19.0. The Balaban J connectivity index is 1.72. The number of guanidine groups is 1. The molecule has 26 heavy (non-hydrogen) atoms. The van der Waals surface area contributed by atoms with E-state index >= 15 is 0 Å². The fourth-order valence-corrected chi connectivity index (χ4v) is 3.96. The van der Waals surface area contributed by atoms with Crippen LogP contribution >= 0.6 is 11.3 Å². The van der Waals surface area contributed by atoms with Gasteiger partial charge in [-0.25, -0.2) is 4.98 Å². The lowest BCUT2D eigenvalue weighted by Gasteiger charge is -2.21. The predicted molar refractivity (Wildman–Crippen MR) is 108 cm³/mol. The number of aromatic nitrogens is 1. The molecule has 1 saturated heterocycles. The molecule has 1 aliphatic heterocycles. The maximum absolute atomic E-state index is 5.67. The molecular formula is C19H34N4O2S. The second-order valence-electron chi connectivity index (χ2n) is 7.77.